The highest BCUT2D eigenvalue weighted by Gasteiger charge is 2.20. The van der Waals surface area contributed by atoms with E-state index in [4.69, 9.17) is 4.74 Å². The molecule has 3 N–H and O–H groups in total. The van der Waals surface area contributed by atoms with E-state index in [0.717, 1.165) is 0 Å². The number of methoxy groups -OCH3 is 1. The van der Waals surface area contributed by atoms with Gasteiger partial charge in [0, 0.05) is 24.6 Å². The van der Waals surface area contributed by atoms with Gasteiger partial charge in [0.15, 0.2) is 0 Å². The van der Waals surface area contributed by atoms with Crippen LogP contribution in [0.15, 0.2) is 70.7 Å². The van der Waals surface area contributed by atoms with Crippen molar-refractivity contribution in [1.82, 2.24) is 14.7 Å². The van der Waals surface area contributed by atoms with E-state index in [-0.39, 0.29) is 39.3 Å². The van der Waals surface area contributed by atoms with Gasteiger partial charge in [-0.2, -0.15) is 0 Å². The number of amides is 1. The first-order valence-electron chi connectivity index (χ1n) is 9.55. The number of rotatable bonds is 9. The molecule has 0 fully saturated rings. The van der Waals surface area contributed by atoms with Crippen LogP contribution in [0, 0.1) is 0 Å². The normalized spacial score (nSPS) is 11.6. The number of carbonyl (C=O) groups is 1. The van der Waals surface area contributed by atoms with Gasteiger partial charge in [-0.05, 0) is 48.5 Å². The quantitative estimate of drug-likeness (QED) is 0.409. The van der Waals surface area contributed by atoms with Crippen LogP contribution in [0.2, 0.25) is 0 Å². The van der Waals surface area contributed by atoms with Crippen LogP contribution in [0.5, 0.6) is 5.75 Å². The molecular formula is C20H21N5O6S2. The number of aromatic nitrogens is 2. The molecule has 0 aliphatic rings. The van der Waals surface area contributed by atoms with Crippen molar-refractivity contribution >= 4 is 37.6 Å². The lowest BCUT2D eigenvalue weighted by Crippen LogP contribution is -2.24. The fourth-order valence-electron chi connectivity index (χ4n) is 2.75. The summed E-state index contributed by atoms with van der Waals surface area (Å²) >= 11 is 0. The lowest BCUT2D eigenvalue weighted by atomic mass is 10.2. The van der Waals surface area contributed by atoms with Crippen molar-refractivity contribution in [2.24, 2.45) is 0 Å². The van der Waals surface area contributed by atoms with Gasteiger partial charge in [0.2, 0.25) is 16.0 Å². The Morgan fingerprint density at radius 2 is 1.58 bits per heavy atom. The molecule has 174 valence electrons. The first-order valence-corrected chi connectivity index (χ1v) is 12.5. The molecule has 0 spiro atoms. The molecule has 3 rings (SSSR count). The van der Waals surface area contributed by atoms with E-state index in [1.54, 1.807) is 13.0 Å². The van der Waals surface area contributed by atoms with Crippen LogP contribution < -0.4 is 19.5 Å². The molecule has 0 aliphatic carbocycles. The zero-order chi connectivity index (χ0) is 24.1. The van der Waals surface area contributed by atoms with Crippen LogP contribution in [0.1, 0.15) is 17.3 Å². The molecule has 2 aromatic carbocycles. The Labute approximate surface area is 191 Å². The molecule has 0 saturated carbocycles. The Balaban J connectivity index is 1.81. The Kier molecular flexibility index (Phi) is 7.26. The predicted octanol–water partition coefficient (Wildman–Crippen LogP) is 1.84. The number of nitrogens with zero attached hydrogens (tertiary/aromatic N) is 2. The van der Waals surface area contributed by atoms with E-state index in [9.17, 15) is 21.6 Å². The van der Waals surface area contributed by atoms with E-state index in [0.29, 0.717) is 0 Å². The average Bonchev–Trinajstić information content (AvgIpc) is 2.79. The van der Waals surface area contributed by atoms with Crippen LogP contribution >= 0.6 is 0 Å². The molecule has 0 unspecified atom stereocenters. The molecule has 1 amide bonds. The van der Waals surface area contributed by atoms with E-state index in [1.807, 2.05) is 0 Å². The highest BCUT2D eigenvalue weighted by molar-refractivity contribution is 7.92. The third-order valence-corrected chi connectivity index (χ3v) is 7.16. The molecule has 0 aliphatic heterocycles. The molecule has 13 heteroatoms. The van der Waals surface area contributed by atoms with Gasteiger partial charge < -0.3 is 10.1 Å². The summed E-state index contributed by atoms with van der Waals surface area (Å²) in [6.45, 7) is 1.83. The second-order valence-corrected chi connectivity index (χ2v) is 9.97. The molecule has 1 aromatic heterocycles. The zero-order valence-corrected chi connectivity index (χ0v) is 19.3. The highest BCUT2D eigenvalue weighted by Crippen LogP contribution is 2.24. The zero-order valence-electron chi connectivity index (χ0n) is 17.6. The fourth-order valence-corrected chi connectivity index (χ4v) is 4.78. The van der Waals surface area contributed by atoms with Crippen molar-refractivity contribution in [3.63, 3.8) is 0 Å². The maximum atomic E-state index is 12.8. The van der Waals surface area contributed by atoms with E-state index >= 15 is 0 Å². The first-order chi connectivity index (χ1) is 15.7. The summed E-state index contributed by atoms with van der Waals surface area (Å²) in [6, 6.07) is 10.8. The smallest absolute Gasteiger partial charge is 0.264 e. The SMILES string of the molecule is CCNS(=O)(=O)c1ccc(OC)c(C(=O)Nc2ccc(S(=O)(=O)Nc3ncccn3)cc2)c1. The maximum Gasteiger partial charge on any atom is 0.264 e. The highest BCUT2D eigenvalue weighted by atomic mass is 32.2. The Hall–Kier alpha value is -3.55. The molecule has 0 bridgehead atoms. The van der Waals surface area contributed by atoms with Crippen molar-refractivity contribution < 1.29 is 26.4 Å². The molecule has 0 radical (unpaired) electrons. The van der Waals surface area contributed by atoms with Gasteiger partial charge >= 0.3 is 0 Å². The standard InChI is InChI=1S/C20H21N5O6S2/c1-3-23-32(27,28)16-9-10-18(31-2)17(13-16)19(26)24-14-5-7-15(8-6-14)33(29,30)25-20-21-11-4-12-22-20/h4-13,23H,3H2,1-2H3,(H,24,26)(H,21,22,25). The monoisotopic (exact) mass is 491 g/mol. The number of sulfonamides is 2. The van der Waals surface area contributed by atoms with Gasteiger partial charge in [-0.3, -0.25) is 4.79 Å². The minimum absolute atomic E-state index is 0.00364. The summed E-state index contributed by atoms with van der Waals surface area (Å²) in [5, 5.41) is 2.60. The van der Waals surface area contributed by atoms with E-state index < -0.39 is 26.0 Å². The van der Waals surface area contributed by atoms with Gasteiger partial charge in [0.05, 0.1) is 22.5 Å². The van der Waals surface area contributed by atoms with Crippen molar-refractivity contribution in [2.45, 2.75) is 16.7 Å². The first kappa shape index (κ1) is 24.1. The van der Waals surface area contributed by atoms with Crippen LogP contribution in [0.25, 0.3) is 0 Å². The van der Waals surface area contributed by atoms with E-state index in [1.165, 1.54) is 62.0 Å². The van der Waals surface area contributed by atoms with Crippen LogP contribution in [0.3, 0.4) is 0 Å². The number of carbonyl (C=O) groups excluding carboxylic acids is 1. The van der Waals surface area contributed by atoms with Crippen LogP contribution in [0.4, 0.5) is 11.6 Å². The average molecular weight is 492 g/mol. The molecule has 0 saturated heterocycles. The van der Waals surface area contributed by atoms with Gasteiger partial charge in [-0.15, -0.1) is 0 Å². The molecule has 33 heavy (non-hydrogen) atoms. The predicted molar refractivity (Wildman–Crippen MR) is 121 cm³/mol. The van der Waals surface area contributed by atoms with Crippen molar-refractivity contribution in [1.29, 1.82) is 0 Å². The summed E-state index contributed by atoms with van der Waals surface area (Å²) in [7, 11) is -6.36. The Morgan fingerprint density at radius 3 is 2.18 bits per heavy atom. The topological polar surface area (TPSA) is 156 Å². The second-order valence-electron chi connectivity index (χ2n) is 6.52. The van der Waals surface area contributed by atoms with Gasteiger partial charge in [-0.25, -0.2) is 36.2 Å². The van der Waals surface area contributed by atoms with Crippen molar-refractivity contribution in [3.8, 4) is 5.75 Å². The lowest BCUT2D eigenvalue weighted by molar-refractivity contribution is 0.102. The Morgan fingerprint density at radius 1 is 0.939 bits per heavy atom. The summed E-state index contributed by atoms with van der Waals surface area (Å²) in [5.74, 6) is -0.532. The Bertz CT molecular complexity index is 1350. The summed E-state index contributed by atoms with van der Waals surface area (Å²) < 4.78 is 59.3. The molecule has 0 atom stereocenters. The van der Waals surface area contributed by atoms with Gasteiger partial charge in [0.25, 0.3) is 15.9 Å². The molecular weight excluding hydrogens is 470 g/mol. The second kappa shape index (κ2) is 9.94. The summed E-state index contributed by atoms with van der Waals surface area (Å²) in [6.07, 6.45) is 2.80. The number of benzene rings is 2. The minimum Gasteiger partial charge on any atom is -0.496 e. The number of ether oxygens (including phenoxy) is 1. The summed E-state index contributed by atoms with van der Waals surface area (Å²) in [4.78, 5) is 20.3. The third kappa shape index (κ3) is 5.83. The van der Waals surface area contributed by atoms with E-state index in [2.05, 4.69) is 24.7 Å². The number of nitrogens with one attached hydrogen (secondary N) is 3. The van der Waals surface area contributed by atoms with Crippen molar-refractivity contribution in [3.05, 3.63) is 66.5 Å². The van der Waals surface area contributed by atoms with Gasteiger partial charge in [-0.1, -0.05) is 6.92 Å². The molecule has 11 nitrogen and oxygen atoms in total. The maximum absolute atomic E-state index is 12.8. The van der Waals surface area contributed by atoms with Crippen LogP contribution in [-0.4, -0.2) is 46.4 Å². The largest absolute Gasteiger partial charge is 0.496 e. The van der Waals surface area contributed by atoms with Gasteiger partial charge in [0.1, 0.15) is 5.75 Å². The third-order valence-electron chi connectivity index (χ3n) is 4.27. The molecule has 1 heterocycles. The fraction of sp³-hybridized carbons (Fsp3) is 0.150. The summed E-state index contributed by atoms with van der Waals surface area (Å²) in [5.41, 5.74) is 0.285. The van der Waals surface area contributed by atoms with Crippen molar-refractivity contribution in [2.75, 3.05) is 23.7 Å². The minimum atomic E-state index is -3.93. The molecule has 3 aromatic rings. The lowest BCUT2D eigenvalue weighted by Gasteiger charge is -2.12. The number of anilines is 2. The number of hydrogen-bond donors (Lipinski definition) is 3. The van der Waals surface area contributed by atoms with Crippen LogP contribution in [-0.2, 0) is 20.0 Å². The number of hydrogen-bond acceptors (Lipinski definition) is 8.